The molecule has 0 bridgehead atoms. The summed E-state index contributed by atoms with van der Waals surface area (Å²) in [6.07, 6.45) is 4.77. The Labute approximate surface area is 173 Å². The fourth-order valence-corrected chi connectivity index (χ4v) is 4.83. The summed E-state index contributed by atoms with van der Waals surface area (Å²) in [5.41, 5.74) is 0.971. The van der Waals surface area contributed by atoms with Crippen molar-refractivity contribution in [3.8, 4) is 0 Å². The third-order valence-electron chi connectivity index (χ3n) is 6.80. The first kappa shape index (κ1) is 19.4. The number of nitrogens with zero attached hydrogens (tertiary/aromatic N) is 4. The van der Waals surface area contributed by atoms with Gasteiger partial charge in [0.15, 0.2) is 23.2 Å². The quantitative estimate of drug-likeness (QED) is 0.515. The van der Waals surface area contributed by atoms with E-state index < -0.39 is 31.1 Å². The van der Waals surface area contributed by atoms with Crippen LogP contribution in [0.4, 0.5) is 5.82 Å². The van der Waals surface area contributed by atoms with Crippen LogP contribution in [0.5, 0.6) is 0 Å². The molecule has 29 heavy (non-hydrogen) atoms. The van der Waals surface area contributed by atoms with Gasteiger partial charge in [-0.2, -0.15) is 9.97 Å². The van der Waals surface area contributed by atoms with Gasteiger partial charge in [0.1, 0.15) is 18.3 Å². The molecule has 2 saturated carbocycles. The van der Waals surface area contributed by atoms with E-state index in [-0.39, 0.29) is 5.28 Å². The lowest BCUT2D eigenvalue weighted by Gasteiger charge is -2.43. The second-order valence-corrected chi connectivity index (χ2v) is 8.78. The van der Waals surface area contributed by atoms with Crippen molar-refractivity contribution in [1.82, 2.24) is 19.5 Å². The van der Waals surface area contributed by atoms with Gasteiger partial charge in [0.25, 0.3) is 0 Å². The van der Waals surface area contributed by atoms with Gasteiger partial charge < -0.3 is 25.4 Å². The molecule has 3 aliphatic rings. The Bertz CT molecular complexity index is 873. The molecule has 0 radical (unpaired) electrons. The number of imidazole rings is 1. The molecule has 0 aromatic carbocycles. The van der Waals surface area contributed by atoms with E-state index in [9.17, 15) is 15.3 Å². The van der Waals surface area contributed by atoms with Gasteiger partial charge in [-0.05, 0) is 49.1 Å². The Morgan fingerprint density at radius 2 is 1.83 bits per heavy atom. The van der Waals surface area contributed by atoms with Crippen molar-refractivity contribution in [3.05, 3.63) is 11.6 Å². The molecule has 10 heteroatoms. The zero-order chi connectivity index (χ0) is 20.1. The molecule has 9 nitrogen and oxygen atoms in total. The van der Waals surface area contributed by atoms with Crippen LogP contribution in [-0.4, -0.2) is 65.8 Å². The van der Waals surface area contributed by atoms with E-state index in [4.69, 9.17) is 16.3 Å². The molecule has 3 heterocycles. The van der Waals surface area contributed by atoms with Gasteiger partial charge in [0.05, 0.1) is 12.9 Å². The minimum atomic E-state index is -1.22. The standard InChI is InChI=1S/C19H26ClN5O4/c20-19-23-16(22-12(9-3-1-4-9)10-5-2-6-10)13-17(24-19)25(8-21-13)18-15(28)14(27)11(7-26)29-18/h8-12,14-15,18,26-28H,1-7H2,(H,22,23,24)/t11-,14+,15-,18-/m1/s1. The number of hydrogen-bond acceptors (Lipinski definition) is 8. The predicted octanol–water partition coefficient (Wildman–Crippen LogP) is 1.47. The van der Waals surface area contributed by atoms with Gasteiger partial charge in [-0.1, -0.05) is 12.8 Å². The van der Waals surface area contributed by atoms with E-state index in [2.05, 4.69) is 20.3 Å². The van der Waals surface area contributed by atoms with E-state index in [1.165, 1.54) is 44.9 Å². The Balaban J connectivity index is 1.48. The molecule has 4 N–H and O–H groups in total. The van der Waals surface area contributed by atoms with Crippen molar-refractivity contribution in [2.75, 3.05) is 11.9 Å². The zero-order valence-corrected chi connectivity index (χ0v) is 16.7. The number of rotatable bonds is 6. The van der Waals surface area contributed by atoms with E-state index in [1.54, 1.807) is 4.57 Å². The molecule has 0 unspecified atom stereocenters. The van der Waals surface area contributed by atoms with Crippen LogP contribution in [0.3, 0.4) is 0 Å². The first-order chi connectivity index (χ1) is 14.1. The van der Waals surface area contributed by atoms with Crippen LogP contribution in [0.2, 0.25) is 5.28 Å². The third-order valence-corrected chi connectivity index (χ3v) is 6.97. The number of aliphatic hydroxyl groups is 3. The maximum absolute atomic E-state index is 10.4. The summed E-state index contributed by atoms with van der Waals surface area (Å²) < 4.78 is 7.17. The molecule has 0 spiro atoms. The molecular weight excluding hydrogens is 398 g/mol. The number of aromatic nitrogens is 4. The molecular formula is C19H26ClN5O4. The molecule has 158 valence electrons. The van der Waals surface area contributed by atoms with Crippen LogP contribution < -0.4 is 5.32 Å². The molecule has 3 fully saturated rings. The molecule has 2 aromatic heterocycles. The Morgan fingerprint density at radius 3 is 2.38 bits per heavy atom. The van der Waals surface area contributed by atoms with Crippen molar-refractivity contribution in [2.45, 2.75) is 69.1 Å². The normalized spacial score (nSPS) is 30.7. The van der Waals surface area contributed by atoms with E-state index in [0.717, 1.165) is 0 Å². The predicted molar refractivity (Wildman–Crippen MR) is 105 cm³/mol. The van der Waals surface area contributed by atoms with E-state index in [1.807, 2.05) is 0 Å². The average molecular weight is 424 g/mol. The lowest BCUT2D eigenvalue weighted by atomic mass is 9.68. The smallest absolute Gasteiger partial charge is 0.226 e. The molecule has 2 aliphatic carbocycles. The van der Waals surface area contributed by atoms with Crippen molar-refractivity contribution in [3.63, 3.8) is 0 Å². The summed E-state index contributed by atoms with van der Waals surface area (Å²) in [6.45, 7) is -0.394. The Kier molecular flexibility index (Phi) is 5.11. The monoisotopic (exact) mass is 423 g/mol. The van der Waals surface area contributed by atoms with Gasteiger partial charge in [-0.15, -0.1) is 0 Å². The van der Waals surface area contributed by atoms with E-state index >= 15 is 0 Å². The van der Waals surface area contributed by atoms with Gasteiger partial charge in [-0.25, -0.2) is 4.98 Å². The number of halogens is 1. The summed E-state index contributed by atoms with van der Waals surface area (Å²) in [4.78, 5) is 13.2. The number of ether oxygens (including phenoxy) is 1. The number of hydrogen-bond donors (Lipinski definition) is 4. The highest BCUT2D eigenvalue weighted by atomic mass is 35.5. The third kappa shape index (κ3) is 3.29. The van der Waals surface area contributed by atoms with Crippen LogP contribution in [0.1, 0.15) is 44.8 Å². The summed E-state index contributed by atoms with van der Waals surface area (Å²) in [5, 5.41) is 33.5. The maximum Gasteiger partial charge on any atom is 0.226 e. The summed E-state index contributed by atoms with van der Waals surface area (Å²) in [5.74, 6) is 1.88. The van der Waals surface area contributed by atoms with Gasteiger partial charge >= 0.3 is 0 Å². The average Bonchev–Trinajstić information content (AvgIpc) is 3.13. The highest BCUT2D eigenvalue weighted by Crippen LogP contribution is 2.42. The van der Waals surface area contributed by atoms with Crippen molar-refractivity contribution in [2.24, 2.45) is 11.8 Å². The van der Waals surface area contributed by atoms with Crippen LogP contribution >= 0.6 is 11.6 Å². The summed E-state index contributed by atoms with van der Waals surface area (Å²) >= 11 is 6.22. The number of aliphatic hydroxyl groups excluding tert-OH is 3. The van der Waals surface area contributed by atoms with Gasteiger partial charge in [-0.3, -0.25) is 4.57 Å². The SMILES string of the molecule is OC[C@H]1O[C@@H](n2cnc3c(NC(C4CCC4)C4CCC4)nc(Cl)nc32)[C@H](O)[C@H]1O. The summed E-state index contributed by atoms with van der Waals surface area (Å²) in [7, 11) is 0. The molecule has 5 rings (SSSR count). The largest absolute Gasteiger partial charge is 0.394 e. The van der Waals surface area contributed by atoms with Gasteiger partial charge in [0.2, 0.25) is 5.28 Å². The van der Waals surface area contributed by atoms with Crippen LogP contribution in [-0.2, 0) is 4.74 Å². The molecule has 1 saturated heterocycles. The van der Waals surface area contributed by atoms with Crippen LogP contribution in [0.15, 0.2) is 6.33 Å². The highest BCUT2D eigenvalue weighted by molar-refractivity contribution is 6.28. The lowest BCUT2D eigenvalue weighted by Crippen LogP contribution is -2.42. The topological polar surface area (TPSA) is 126 Å². The number of fused-ring (bicyclic) bond motifs is 1. The fraction of sp³-hybridized carbons (Fsp3) is 0.737. The molecule has 0 amide bonds. The number of nitrogens with one attached hydrogen (secondary N) is 1. The van der Waals surface area contributed by atoms with E-state index in [0.29, 0.717) is 34.9 Å². The van der Waals surface area contributed by atoms with Crippen molar-refractivity contribution in [1.29, 1.82) is 0 Å². The lowest BCUT2D eigenvalue weighted by molar-refractivity contribution is -0.0511. The first-order valence-corrected chi connectivity index (χ1v) is 10.7. The van der Waals surface area contributed by atoms with Crippen molar-refractivity contribution >= 4 is 28.6 Å². The molecule has 1 aliphatic heterocycles. The fourth-order valence-electron chi connectivity index (χ4n) is 4.66. The summed E-state index contributed by atoms with van der Waals surface area (Å²) in [6, 6.07) is 0.353. The molecule has 2 aromatic rings. The minimum absolute atomic E-state index is 0.0782. The second kappa shape index (κ2) is 7.63. The maximum atomic E-state index is 10.4. The van der Waals surface area contributed by atoms with Crippen molar-refractivity contribution < 1.29 is 20.1 Å². The Hall–Kier alpha value is -1.52. The zero-order valence-electron chi connectivity index (χ0n) is 16.0. The first-order valence-electron chi connectivity index (χ1n) is 10.4. The minimum Gasteiger partial charge on any atom is -0.394 e. The molecule has 4 atom stereocenters. The van der Waals surface area contributed by atoms with Gasteiger partial charge in [0, 0.05) is 6.04 Å². The Morgan fingerprint density at radius 1 is 1.14 bits per heavy atom. The highest BCUT2D eigenvalue weighted by Gasteiger charge is 2.44. The second-order valence-electron chi connectivity index (χ2n) is 8.45. The van der Waals surface area contributed by atoms with Crippen LogP contribution in [0, 0.1) is 11.8 Å². The number of anilines is 1. The van der Waals surface area contributed by atoms with Crippen LogP contribution in [0.25, 0.3) is 11.2 Å².